The molecule has 3 aromatic carbocycles. The Kier molecular flexibility index (Phi) is 7.14. The Balaban J connectivity index is 1.64. The van der Waals surface area contributed by atoms with E-state index in [4.69, 9.17) is 4.74 Å². The molecule has 0 aliphatic carbocycles. The Morgan fingerprint density at radius 2 is 1.47 bits per heavy atom. The van der Waals surface area contributed by atoms with Gasteiger partial charge in [-0.3, -0.25) is 9.59 Å². The molecule has 0 heterocycles. The van der Waals surface area contributed by atoms with Gasteiger partial charge in [0.25, 0.3) is 11.8 Å². The molecule has 2 amide bonds. The molecule has 3 rings (SSSR count). The molecule has 0 saturated heterocycles. The minimum atomic E-state index is -0.222. The van der Waals surface area contributed by atoms with Crippen molar-refractivity contribution < 1.29 is 14.3 Å². The second-order valence-corrected chi connectivity index (χ2v) is 7.50. The van der Waals surface area contributed by atoms with E-state index in [1.807, 2.05) is 50.4 Å². The number of aryl methyl sites for hydroxylation is 1. The van der Waals surface area contributed by atoms with Crippen LogP contribution in [0.5, 0.6) is 5.75 Å². The molecule has 0 aliphatic rings. The van der Waals surface area contributed by atoms with Crippen LogP contribution in [-0.2, 0) is 0 Å². The Hall–Kier alpha value is -3.25. The summed E-state index contributed by atoms with van der Waals surface area (Å²) in [6, 6.07) is 19.8. The SMILES string of the molecule is CCOc1ccc(NC(=O)c2ccc(NC(=O)c3cc(SC)ccc3C)cc2)cc1. The quantitative estimate of drug-likeness (QED) is 0.487. The van der Waals surface area contributed by atoms with Gasteiger partial charge in [0.1, 0.15) is 5.75 Å². The third-order valence-corrected chi connectivity index (χ3v) is 5.24. The molecular weight excluding hydrogens is 396 g/mol. The molecule has 0 bridgehead atoms. The minimum Gasteiger partial charge on any atom is -0.494 e. The van der Waals surface area contributed by atoms with Gasteiger partial charge >= 0.3 is 0 Å². The number of rotatable bonds is 7. The van der Waals surface area contributed by atoms with Crippen molar-refractivity contribution in [2.45, 2.75) is 18.7 Å². The van der Waals surface area contributed by atoms with Crippen molar-refractivity contribution in [2.75, 3.05) is 23.5 Å². The molecule has 0 fully saturated rings. The van der Waals surface area contributed by atoms with E-state index in [0.717, 1.165) is 16.2 Å². The highest BCUT2D eigenvalue weighted by atomic mass is 32.2. The molecule has 0 atom stereocenters. The van der Waals surface area contributed by atoms with Gasteiger partial charge in [-0.15, -0.1) is 11.8 Å². The van der Waals surface area contributed by atoms with Crippen molar-refractivity contribution in [3.05, 3.63) is 83.4 Å². The Morgan fingerprint density at radius 3 is 2.07 bits per heavy atom. The van der Waals surface area contributed by atoms with Crippen molar-refractivity contribution >= 4 is 35.0 Å². The first-order valence-corrected chi connectivity index (χ1v) is 10.8. The van der Waals surface area contributed by atoms with Gasteiger partial charge in [0.05, 0.1) is 6.61 Å². The highest BCUT2D eigenvalue weighted by molar-refractivity contribution is 7.98. The molecule has 0 aromatic heterocycles. The van der Waals surface area contributed by atoms with Crippen molar-refractivity contribution in [3.63, 3.8) is 0 Å². The molecule has 2 N–H and O–H groups in total. The van der Waals surface area contributed by atoms with Crippen LogP contribution in [0.2, 0.25) is 0 Å². The van der Waals surface area contributed by atoms with Gasteiger partial charge in [-0.25, -0.2) is 0 Å². The highest BCUT2D eigenvalue weighted by Crippen LogP contribution is 2.21. The fraction of sp³-hybridized carbons (Fsp3) is 0.167. The fourth-order valence-corrected chi connectivity index (χ4v) is 3.32. The normalized spacial score (nSPS) is 10.4. The first-order valence-electron chi connectivity index (χ1n) is 9.60. The average Bonchev–Trinajstić information content (AvgIpc) is 2.76. The molecule has 6 heteroatoms. The number of anilines is 2. The van der Waals surface area contributed by atoms with Gasteiger partial charge in [-0.1, -0.05) is 6.07 Å². The number of amides is 2. The summed E-state index contributed by atoms with van der Waals surface area (Å²) in [5, 5.41) is 5.74. The monoisotopic (exact) mass is 420 g/mol. The number of ether oxygens (including phenoxy) is 1. The average molecular weight is 421 g/mol. The van der Waals surface area contributed by atoms with Crippen LogP contribution in [0.25, 0.3) is 0 Å². The lowest BCUT2D eigenvalue weighted by Crippen LogP contribution is -2.14. The van der Waals surface area contributed by atoms with Gasteiger partial charge < -0.3 is 15.4 Å². The van der Waals surface area contributed by atoms with E-state index in [2.05, 4.69) is 10.6 Å². The summed E-state index contributed by atoms with van der Waals surface area (Å²) in [6.07, 6.45) is 1.98. The second kappa shape index (κ2) is 9.98. The van der Waals surface area contributed by atoms with Gasteiger partial charge in [0.15, 0.2) is 0 Å². The number of carbonyl (C=O) groups excluding carboxylic acids is 2. The number of thioether (sulfide) groups is 1. The van der Waals surface area contributed by atoms with Crippen LogP contribution in [0.4, 0.5) is 11.4 Å². The maximum Gasteiger partial charge on any atom is 0.255 e. The molecule has 5 nitrogen and oxygen atoms in total. The number of benzene rings is 3. The number of hydrogen-bond donors (Lipinski definition) is 2. The van der Waals surface area contributed by atoms with Crippen molar-refractivity contribution in [2.24, 2.45) is 0 Å². The molecule has 0 radical (unpaired) electrons. The second-order valence-electron chi connectivity index (χ2n) is 6.62. The molecule has 30 heavy (non-hydrogen) atoms. The van der Waals surface area contributed by atoms with Gasteiger partial charge in [-0.05, 0) is 86.3 Å². The summed E-state index contributed by atoms with van der Waals surface area (Å²) < 4.78 is 5.40. The van der Waals surface area contributed by atoms with Gasteiger partial charge in [0, 0.05) is 27.4 Å². The predicted molar refractivity (Wildman–Crippen MR) is 123 cm³/mol. The summed E-state index contributed by atoms with van der Waals surface area (Å²) in [6.45, 7) is 4.43. The summed E-state index contributed by atoms with van der Waals surface area (Å²) in [4.78, 5) is 26.1. The highest BCUT2D eigenvalue weighted by Gasteiger charge is 2.11. The summed E-state index contributed by atoms with van der Waals surface area (Å²) in [5.74, 6) is 0.365. The van der Waals surface area contributed by atoms with E-state index < -0.39 is 0 Å². The zero-order chi connectivity index (χ0) is 21.5. The maximum atomic E-state index is 12.6. The zero-order valence-electron chi connectivity index (χ0n) is 17.2. The lowest BCUT2D eigenvalue weighted by Gasteiger charge is -2.10. The van der Waals surface area contributed by atoms with Crippen molar-refractivity contribution in [1.29, 1.82) is 0 Å². The first kappa shape index (κ1) is 21.5. The van der Waals surface area contributed by atoms with Crippen LogP contribution >= 0.6 is 11.8 Å². The summed E-state index contributed by atoms with van der Waals surface area (Å²) in [7, 11) is 0. The van der Waals surface area contributed by atoms with Crippen LogP contribution in [0, 0.1) is 6.92 Å². The standard InChI is InChI=1S/C24H24N2O3S/c1-4-29-20-12-10-19(11-13-20)25-23(27)17-6-8-18(9-7-17)26-24(28)22-15-21(30-3)14-5-16(22)2/h5-15H,4H2,1-3H3,(H,25,27)(H,26,28). The van der Waals surface area contributed by atoms with Crippen LogP contribution in [0.1, 0.15) is 33.2 Å². The number of nitrogens with one attached hydrogen (secondary N) is 2. The van der Waals surface area contributed by atoms with Gasteiger partial charge in [0.2, 0.25) is 0 Å². The maximum absolute atomic E-state index is 12.6. The molecule has 3 aromatic rings. The van der Waals surface area contributed by atoms with E-state index in [1.54, 1.807) is 48.2 Å². The smallest absolute Gasteiger partial charge is 0.255 e. The van der Waals surface area contributed by atoms with Crippen molar-refractivity contribution in [3.8, 4) is 5.75 Å². The topological polar surface area (TPSA) is 67.4 Å². The lowest BCUT2D eigenvalue weighted by atomic mass is 10.1. The third-order valence-electron chi connectivity index (χ3n) is 4.52. The summed E-state index contributed by atoms with van der Waals surface area (Å²) in [5.41, 5.74) is 3.37. The predicted octanol–water partition coefficient (Wildman–Crippen LogP) is 5.62. The van der Waals surface area contributed by atoms with E-state index in [0.29, 0.717) is 29.1 Å². The van der Waals surface area contributed by atoms with Crippen molar-refractivity contribution in [1.82, 2.24) is 0 Å². The van der Waals surface area contributed by atoms with E-state index in [-0.39, 0.29) is 11.8 Å². The largest absolute Gasteiger partial charge is 0.494 e. The van der Waals surface area contributed by atoms with Gasteiger partial charge in [-0.2, -0.15) is 0 Å². The Morgan fingerprint density at radius 1 is 0.867 bits per heavy atom. The molecule has 0 unspecified atom stereocenters. The van der Waals surface area contributed by atoms with E-state index >= 15 is 0 Å². The Labute approximate surface area is 180 Å². The fourth-order valence-electron chi connectivity index (χ4n) is 2.88. The van der Waals surface area contributed by atoms with E-state index in [1.165, 1.54) is 0 Å². The number of hydrogen-bond acceptors (Lipinski definition) is 4. The van der Waals surface area contributed by atoms with Crippen LogP contribution in [0.3, 0.4) is 0 Å². The molecule has 0 aliphatic heterocycles. The number of carbonyl (C=O) groups is 2. The summed E-state index contributed by atoms with van der Waals surface area (Å²) >= 11 is 1.59. The van der Waals surface area contributed by atoms with Crippen LogP contribution in [-0.4, -0.2) is 24.7 Å². The molecule has 0 saturated carbocycles. The van der Waals surface area contributed by atoms with Crippen LogP contribution < -0.4 is 15.4 Å². The Bertz CT molecular complexity index is 1030. The molecule has 0 spiro atoms. The molecule has 154 valence electrons. The first-order chi connectivity index (χ1) is 14.5. The third kappa shape index (κ3) is 5.42. The zero-order valence-corrected chi connectivity index (χ0v) is 18.0. The van der Waals surface area contributed by atoms with Crippen LogP contribution in [0.15, 0.2) is 71.6 Å². The van der Waals surface area contributed by atoms with E-state index in [9.17, 15) is 9.59 Å². The lowest BCUT2D eigenvalue weighted by molar-refractivity contribution is 0.101. The minimum absolute atomic E-state index is 0.171. The molecular formula is C24H24N2O3S.